The molecule has 1 N–H and O–H groups in total. The predicted octanol–water partition coefficient (Wildman–Crippen LogP) is 3.46. The fourth-order valence-corrected chi connectivity index (χ4v) is 2.41. The summed E-state index contributed by atoms with van der Waals surface area (Å²) in [7, 11) is 1.61. The van der Waals surface area contributed by atoms with Gasteiger partial charge >= 0.3 is 0 Å². The van der Waals surface area contributed by atoms with Crippen molar-refractivity contribution in [2.75, 3.05) is 7.11 Å². The van der Waals surface area contributed by atoms with Gasteiger partial charge in [0.1, 0.15) is 17.3 Å². The van der Waals surface area contributed by atoms with Gasteiger partial charge in [0.2, 0.25) is 0 Å². The van der Waals surface area contributed by atoms with Gasteiger partial charge in [0.25, 0.3) is 5.91 Å². The van der Waals surface area contributed by atoms with Crippen molar-refractivity contribution in [2.45, 2.75) is 6.42 Å². The summed E-state index contributed by atoms with van der Waals surface area (Å²) in [6, 6.07) is 15.0. The van der Waals surface area contributed by atoms with E-state index in [1.165, 1.54) is 0 Å². The molecular weight excluding hydrogens is 312 g/mol. The Kier molecular flexibility index (Phi) is 4.44. The predicted molar refractivity (Wildman–Crippen MR) is 91.7 cm³/mol. The highest BCUT2D eigenvalue weighted by Crippen LogP contribution is 2.18. The Labute approximate surface area is 139 Å². The number of carbonyl (C=O) groups is 1. The van der Waals surface area contributed by atoms with E-state index in [1.54, 1.807) is 13.2 Å². The number of rotatable bonds is 4. The third-order valence-electron chi connectivity index (χ3n) is 3.43. The minimum Gasteiger partial charge on any atom is -0.497 e. The maximum absolute atomic E-state index is 12.0. The third-order valence-corrected chi connectivity index (χ3v) is 3.68. The van der Waals surface area contributed by atoms with Crippen molar-refractivity contribution in [3.63, 3.8) is 0 Å². The smallest absolute Gasteiger partial charge is 0.275 e. The molecule has 4 nitrogen and oxygen atoms in total. The van der Waals surface area contributed by atoms with E-state index >= 15 is 0 Å². The maximum atomic E-state index is 12.0. The number of nitrogens with zero attached hydrogens (tertiary/aromatic N) is 1. The molecule has 2 aromatic carbocycles. The number of amides is 1. The van der Waals surface area contributed by atoms with Gasteiger partial charge in [0, 0.05) is 11.4 Å². The Balaban J connectivity index is 1.80. The topological polar surface area (TPSA) is 50.7 Å². The Hall–Kier alpha value is -2.59. The van der Waals surface area contributed by atoms with Crippen molar-refractivity contribution in [3.05, 3.63) is 70.4 Å². The van der Waals surface area contributed by atoms with Crippen molar-refractivity contribution in [1.29, 1.82) is 0 Å². The van der Waals surface area contributed by atoms with Crippen LogP contribution >= 0.6 is 11.6 Å². The van der Waals surface area contributed by atoms with Gasteiger partial charge in [-0.05, 0) is 41.5 Å². The number of halogens is 1. The molecule has 0 spiro atoms. The lowest BCUT2D eigenvalue weighted by Gasteiger charge is -2.00. The summed E-state index contributed by atoms with van der Waals surface area (Å²) in [6.07, 6.45) is 2.30. The molecule has 1 aliphatic heterocycles. The highest BCUT2D eigenvalue weighted by atomic mass is 35.5. The molecule has 0 aliphatic carbocycles. The third kappa shape index (κ3) is 3.79. The monoisotopic (exact) mass is 326 g/mol. The maximum Gasteiger partial charge on any atom is 0.275 e. The standard InChI is InChI=1S/C18H15ClN2O2/c1-23-15-4-2-3-13(9-15)10-16-18(22)21-17(20-16)11-12-5-7-14(19)8-6-12/h2-10H,11H2,1H3,(H,20,21,22)/b16-10+. The zero-order valence-electron chi connectivity index (χ0n) is 12.5. The average Bonchev–Trinajstić information content (AvgIpc) is 2.89. The van der Waals surface area contributed by atoms with Crippen LogP contribution in [-0.2, 0) is 11.2 Å². The summed E-state index contributed by atoms with van der Waals surface area (Å²) < 4.78 is 5.18. The average molecular weight is 327 g/mol. The van der Waals surface area contributed by atoms with E-state index < -0.39 is 0 Å². The van der Waals surface area contributed by atoms with Gasteiger partial charge in [-0.1, -0.05) is 35.9 Å². The molecule has 1 aliphatic rings. The van der Waals surface area contributed by atoms with Crippen LogP contribution in [0.2, 0.25) is 5.02 Å². The van der Waals surface area contributed by atoms with E-state index in [9.17, 15) is 4.79 Å². The first-order chi connectivity index (χ1) is 11.1. The van der Waals surface area contributed by atoms with Crippen LogP contribution in [-0.4, -0.2) is 18.9 Å². The Morgan fingerprint density at radius 1 is 1.22 bits per heavy atom. The van der Waals surface area contributed by atoms with Crippen LogP contribution in [0.3, 0.4) is 0 Å². The summed E-state index contributed by atoms with van der Waals surface area (Å²) in [5.41, 5.74) is 2.30. The number of aliphatic imine (C=N–C) groups is 1. The van der Waals surface area contributed by atoms with Gasteiger partial charge in [-0.3, -0.25) is 4.79 Å². The van der Waals surface area contributed by atoms with Crippen molar-refractivity contribution < 1.29 is 9.53 Å². The van der Waals surface area contributed by atoms with Crippen LogP contribution in [0.1, 0.15) is 11.1 Å². The van der Waals surface area contributed by atoms with Gasteiger partial charge in [-0.15, -0.1) is 0 Å². The molecule has 0 saturated carbocycles. The van der Waals surface area contributed by atoms with Crippen molar-refractivity contribution in [1.82, 2.24) is 5.32 Å². The number of methoxy groups -OCH3 is 1. The molecule has 0 radical (unpaired) electrons. The Morgan fingerprint density at radius 2 is 2.00 bits per heavy atom. The summed E-state index contributed by atoms with van der Waals surface area (Å²) in [5.74, 6) is 1.17. The first-order valence-corrected chi connectivity index (χ1v) is 7.51. The molecular formula is C18H15ClN2O2. The van der Waals surface area contributed by atoms with Gasteiger partial charge in [-0.25, -0.2) is 4.99 Å². The van der Waals surface area contributed by atoms with Crippen LogP contribution in [0.15, 0.2) is 59.2 Å². The largest absolute Gasteiger partial charge is 0.497 e. The van der Waals surface area contributed by atoms with Crippen LogP contribution < -0.4 is 10.1 Å². The first kappa shape index (κ1) is 15.3. The molecule has 5 heteroatoms. The summed E-state index contributed by atoms with van der Waals surface area (Å²) in [5, 5.41) is 3.48. The van der Waals surface area contributed by atoms with Crippen LogP contribution in [0, 0.1) is 0 Å². The minimum absolute atomic E-state index is 0.197. The summed E-state index contributed by atoms with van der Waals surface area (Å²) in [6.45, 7) is 0. The second kappa shape index (κ2) is 6.67. The number of hydrogen-bond acceptors (Lipinski definition) is 3. The Bertz CT molecular complexity index is 795. The SMILES string of the molecule is COc1cccc(/C=C2/N=C(Cc3ccc(Cl)cc3)NC2=O)c1. The van der Waals surface area contributed by atoms with Crippen molar-refractivity contribution >= 4 is 29.4 Å². The van der Waals surface area contributed by atoms with E-state index in [1.807, 2.05) is 48.5 Å². The lowest BCUT2D eigenvalue weighted by Crippen LogP contribution is -2.25. The molecule has 0 fully saturated rings. The zero-order valence-corrected chi connectivity index (χ0v) is 13.3. The molecule has 0 atom stereocenters. The molecule has 3 rings (SSSR count). The van der Waals surface area contributed by atoms with Crippen LogP contribution in [0.4, 0.5) is 0 Å². The van der Waals surface area contributed by atoms with Gasteiger partial charge < -0.3 is 10.1 Å². The van der Waals surface area contributed by atoms with E-state index in [0.717, 1.165) is 16.9 Å². The lowest BCUT2D eigenvalue weighted by molar-refractivity contribution is -0.115. The van der Waals surface area contributed by atoms with Crippen LogP contribution in [0.5, 0.6) is 5.75 Å². The fraction of sp³-hybridized carbons (Fsp3) is 0.111. The van der Waals surface area contributed by atoms with Gasteiger partial charge in [0.15, 0.2) is 0 Å². The normalized spacial score (nSPS) is 15.5. The second-order valence-corrected chi connectivity index (χ2v) is 5.56. The molecule has 2 aromatic rings. The Morgan fingerprint density at radius 3 is 2.74 bits per heavy atom. The molecule has 0 bridgehead atoms. The number of carbonyl (C=O) groups excluding carboxylic acids is 1. The number of amidine groups is 1. The van der Waals surface area contributed by atoms with E-state index in [-0.39, 0.29) is 5.91 Å². The molecule has 0 unspecified atom stereocenters. The van der Waals surface area contributed by atoms with Crippen molar-refractivity contribution in [3.8, 4) is 5.75 Å². The van der Waals surface area contributed by atoms with Crippen LogP contribution in [0.25, 0.3) is 6.08 Å². The first-order valence-electron chi connectivity index (χ1n) is 7.13. The fourth-order valence-electron chi connectivity index (χ4n) is 2.29. The lowest BCUT2D eigenvalue weighted by atomic mass is 10.1. The minimum atomic E-state index is -0.197. The zero-order chi connectivity index (χ0) is 16.2. The number of nitrogens with one attached hydrogen (secondary N) is 1. The number of benzene rings is 2. The quantitative estimate of drug-likeness (QED) is 0.875. The van der Waals surface area contributed by atoms with E-state index in [4.69, 9.17) is 16.3 Å². The molecule has 23 heavy (non-hydrogen) atoms. The summed E-state index contributed by atoms with van der Waals surface area (Å²) in [4.78, 5) is 16.4. The highest BCUT2D eigenvalue weighted by Gasteiger charge is 2.19. The summed E-state index contributed by atoms with van der Waals surface area (Å²) >= 11 is 5.87. The second-order valence-electron chi connectivity index (χ2n) is 5.12. The van der Waals surface area contributed by atoms with Gasteiger partial charge in [0.05, 0.1) is 7.11 Å². The molecule has 0 aromatic heterocycles. The molecule has 116 valence electrons. The number of ether oxygens (including phenoxy) is 1. The van der Waals surface area contributed by atoms with E-state index in [2.05, 4.69) is 10.3 Å². The highest BCUT2D eigenvalue weighted by molar-refractivity contribution is 6.30. The van der Waals surface area contributed by atoms with E-state index in [0.29, 0.717) is 23.0 Å². The molecule has 1 heterocycles. The number of hydrogen-bond donors (Lipinski definition) is 1. The van der Waals surface area contributed by atoms with Gasteiger partial charge in [-0.2, -0.15) is 0 Å². The molecule has 1 amide bonds. The molecule has 0 saturated heterocycles. The van der Waals surface area contributed by atoms with Crippen molar-refractivity contribution in [2.24, 2.45) is 4.99 Å².